The fraction of sp³-hybridized carbons (Fsp3) is 0.286. The van der Waals surface area contributed by atoms with Gasteiger partial charge in [0.15, 0.2) is 5.69 Å². The molecule has 1 aliphatic rings. The molecule has 3 aromatic rings. The van der Waals surface area contributed by atoms with Crippen LogP contribution in [0.2, 0.25) is 0 Å². The number of carbonyl (C=O) groups excluding carboxylic acids is 1. The van der Waals surface area contributed by atoms with Gasteiger partial charge in [-0.15, -0.1) is 0 Å². The Labute approximate surface area is 157 Å². The molecular formula is C21H21FN4O. The molecule has 138 valence electrons. The van der Waals surface area contributed by atoms with E-state index in [0.29, 0.717) is 12.2 Å². The molecule has 0 spiro atoms. The van der Waals surface area contributed by atoms with Gasteiger partial charge in [-0.05, 0) is 67.6 Å². The first kappa shape index (κ1) is 17.4. The molecule has 0 N–H and O–H groups in total. The first-order chi connectivity index (χ1) is 13.1. The minimum absolute atomic E-state index is 0.0918. The van der Waals surface area contributed by atoms with Crippen LogP contribution in [0.3, 0.4) is 0 Å². The van der Waals surface area contributed by atoms with E-state index >= 15 is 0 Å². The number of aromatic nitrogens is 3. The summed E-state index contributed by atoms with van der Waals surface area (Å²) in [5, 5.41) is 4.65. The van der Waals surface area contributed by atoms with Crippen LogP contribution >= 0.6 is 0 Å². The summed E-state index contributed by atoms with van der Waals surface area (Å²) >= 11 is 0. The Hall–Kier alpha value is -3.02. The lowest BCUT2D eigenvalue weighted by atomic mass is 9.95. The zero-order valence-electron chi connectivity index (χ0n) is 15.2. The topological polar surface area (TPSA) is 51.0 Å². The lowest BCUT2D eigenvalue weighted by molar-refractivity contribution is 0.0777. The van der Waals surface area contributed by atoms with Crippen LogP contribution in [0.1, 0.15) is 40.2 Å². The van der Waals surface area contributed by atoms with Crippen molar-refractivity contribution in [3.63, 3.8) is 0 Å². The van der Waals surface area contributed by atoms with Crippen molar-refractivity contribution in [2.75, 3.05) is 7.05 Å². The van der Waals surface area contributed by atoms with Gasteiger partial charge in [0.1, 0.15) is 5.82 Å². The Morgan fingerprint density at radius 2 is 1.81 bits per heavy atom. The van der Waals surface area contributed by atoms with Crippen LogP contribution in [0.25, 0.3) is 5.69 Å². The molecule has 6 heteroatoms. The van der Waals surface area contributed by atoms with Gasteiger partial charge in [-0.1, -0.05) is 0 Å². The van der Waals surface area contributed by atoms with Gasteiger partial charge in [-0.3, -0.25) is 9.78 Å². The maximum atomic E-state index is 13.3. The van der Waals surface area contributed by atoms with Crippen LogP contribution in [-0.2, 0) is 19.4 Å². The maximum Gasteiger partial charge on any atom is 0.274 e. The summed E-state index contributed by atoms with van der Waals surface area (Å²) < 4.78 is 15.1. The highest BCUT2D eigenvalue weighted by atomic mass is 19.1. The summed E-state index contributed by atoms with van der Waals surface area (Å²) in [6, 6.07) is 10.0. The van der Waals surface area contributed by atoms with E-state index in [2.05, 4.69) is 10.1 Å². The Balaban J connectivity index is 1.68. The van der Waals surface area contributed by atoms with Crippen LogP contribution in [0, 0.1) is 5.82 Å². The van der Waals surface area contributed by atoms with Gasteiger partial charge >= 0.3 is 0 Å². The number of pyridine rings is 1. The number of hydrogen-bond donors (Lipinski definition) is 0. The number of hydrogen-bond acceptors (Lipinski definition) is 3. The van der Waals surface area contributed by atoms with Crippen molar-refractivity contribution in [2.24, 2.45) is 0 Å². The van der Waals surface area contributed by atoms with E-state index in [1.807, 2.05) is 12.1 Å². The standard InChI is InChI=1S/C21H21FN4O/c1-25(14-15-10-12-23-13-11-15)21(27)20-18-4-2-3-5-19(18)26(24-20)17-8-6-16(22)7-9-17/h6-13H,2-5,14H2,1H3. The SMILES string of the molecule is CN(Cc1ccncc1)C(=O)c1nn(-c2ccc(F)cc2)c2c1CCCC2. The van der Waals surface area contributed by atoms with E-state index in [0.717, 1.165) is 48.2 Å². The highest BCUT2D eigenvalue weighted by Gasteiger charge is 2.27. The van der Waals surface area contributed by atoms with Gasteiger partial charge < -0.3 is 4.90 Å². The van der Waals surface area contributed by atoms with E-state index < -0.39 is 0 Å². The number of fused-ring (bicyclic) bond motifs is 1. The molecule has 2 heterocycles. The molecule has 1 amide bonds. The van der Waals surface area contributed by atoms with E-state index in [1.54, 1.807) is 41.2 Å². The predicted octanol–water partition coefficient (Wildman–Crippen LogP) is 3.56. The van der Waals surface area contributed by atoms with Gasteiger partial charge in [-0.25, -0.2) is 9.07 Å². The van der Waals surface area contributed by atoms with Crippen molar-refractivity contribution in [2.45, 2.75) is 32.2 Å². The van der Waals surface area contributed by atoms with Crippen molar-refractivity contribution < 1.29 is 9.18 Å². The normalized spacial score (nSPS) is 13.3. The summed E-state index contributed by atoms with van der Waals surface area (Å²) in [5.74, 6) is -0.376. The maximum absolute atomic E-state index is 13.3. The molecule has 4 rings (SSSR count). The van der Waals surface area contributed by atoms with Crippen LogP contribution in [0.5, 0.6) is 0 Å². The van der Waals surface area contributed by atoms with Crippen molar-refractivity contribution in [3.8, 4) is 5.69 Å². The number of benzene rings is 1. The third-order valence-corrected chi connectivity index (χ3v) is 4.97. The minimum Gasteiger partial charge on any atom is -0.336 e. The first-order valence-electron chi connectivity index (χ1n) is 9.14. The molecule has 0 aliphatic heterocycles. The average Bonchev–Trinajstić information content (AvgIpc) is 3.08. The van der Waals surface area contributed by atoms with Crippen LogP contribution < -0.4 is 0 Å². The highest BCUT2D eigenvalue weighted by molar-refractivity contribution is 5.94. The Morgan fingerprint density at radius 1 is 1.11 bits per heavy atom. The van der Waals surface area contributed by atoms with E-state index in [4.69, 9.17) is 0 Å². The average molecular weight is 364 g/mol. The summed E-state index contributed by atoms with van der Waals surface area (Å²) in [5.41, 5.74) is 4.40. The second-order valence-electron chi connectivity index (χ2n) is 6.89. The first-order valence-corrected chi connectivity index (χ1v) is 9.14. The third-order valence-electron chi connectivity index (χ3n) is 4.97. The van der Waals surface area contributed by atoms with Crippen LogP contribution in [-0.4, -0.2) is 32.6 Å². The van der Waals surface area contributed by atoms with Crippen LogP contribution in [0.4, 0.5) is 4.39 Å². The number of carbonyl (C=O) groups is 1. The van der Waals surface area contributed by atoms with Crippen molar-refractivity contribution >= 4 is 5.91 Å². The quantitative estimate of drug-likeness (QED) is 0.711. The Kier molecular flexibility index (Phi) is 4.71. The molecule has 5 nitrogen and oxygen atoms in total. The Morgan fingerprint density at radius 3 is 2.56 bits per heavy atom. The van der Waals surface area contributed by atoms with Gasteiger partial charge in [0.25, 0.3) is 5.91 Å². The monoisotopic (exact) mass is 364 g/mol. The fourth-order valence-electron chi connectivity index (χ4n) is 3.58. The lowest BCUT2D eigenvalue weighted by Crippen LogP contribution is -2.27. The summed E-state index contributed by atoms with van der Waals surface area (Å²) in [7, 11) is 1.79. The van der Waals surface area contributed by atoms with Crippen molar-refractivity contribution in [1.29, 1.82) is 0 Å². The highest BCUT2D eigenvalue weighted by Crippen LogP contribution is 2.28. The number of halogens is 1. The van der Waals surface area contributed by atoms with Crippen molar-refractivity contribution in [3.05, 3.63) is 77.1 Å². The largest absolute Gasteiger partial charge is 0.336 e. The van der Waals surface area contributed by atoms with Crippen molar-refractivity contribution in [1.82, 2.24) is 19.7 Å². The minimum atomic E-state index is -0.284. The van der Waals surface area contributed by atoms with Crippen LogP contribution in [0.15, 0.2) is 48.8 Å². The zero-order chi connectivity index (χ0) is 18.8. The van der Waals surface area contributed by atoms with Gasteiger partial charge in [0.2, 0.25) is 0 Å². The van der Waals surface area contributed by atoms with Gasteiger partial charge in [-0.2, -0.15) is 5.10 Å². The fourth-order valence-corrected chi connectivity index (χ4v) is 3.58. The molecule has 0 radical (unpaired) electrons. The second-order valence-corrected chi connectivity index (χ2v) is 6.89. The smallest absolute Gasteiger partial charge is 0.274 e. The van der Waals surface area contributed by atoms with Gasteiger partial charge in [0, 0.05) is 37.2 Å². The molecule has 0 atom stereocenters. The number of rotatable bonds is 4. The summed E-state index contributed by atoms with van der Waals surface area (Å²) in [4.78, 5) is 18.8. The molecule has 0 saturated carbocycles. The molecule has 0 unspecified atom stereocenters. The zero-order valence-corrected chi connectivity index (χ0v) is 15.2. The predicted molar refractivity (Wildman–Crippen MR) is 100 cm³/mol. The molecule has 27 heavy (non-hydrogen) atoms. The molecule has 0 saturated heterocycles. The van der Waals surface area contributed by atoms with E-state index in [9.17, 15) is 9.18 Å². The second kappa shape index (κ2) is 7.31. The number of nitrogens with zero attached hydrogens (tertiary/aromatic N) is 4. The molecule has 0 fully saturated rings. The third kappa shape index (κ3) is 3.47. The molecular weight excluding hydrogens is 343 g/mol. The summed E-state index contributed by atoms with van der Waals surface area (Å²) in [6.07, 6.45) is 7.29. The number of amides is 1. The van der Waals surface area contributed by atoms with Gasteiger partial charge in [0.05, 0.1) is 5.69 Å². The van der Waals surface area contributed by atoms with E-state index in [-0.39, 0.29) is 11.7 Å². The molecule has 0 bridgehead atoms. The summed E-state index contributed by atoms with van der Waals surface area (Å²) in [6.45, 7) is 0.500. The molecule has 1 aromatic carbocycles. The molecule has 1 aliphatic carbocycles. The van der Waals surface area contributed by atoms with E-state index in [1.165, 1.54) is 12.1 Å². The lowest BCUT2D eigenvalue weighted by Gasteiger charge is -2.18. The Bertz CT molecular complexity index is 950. The molecule has 2 aromatic heterocycles.